The number of hydrazone groups is 1. The lowest BCUT2D eigenvalue weighted by Gasteiger charge is -2.44. The van der Waals surface area contributed by atoms with Gasteiger partial charge < -0.3 is 0 Å². The summed E-state index contributed by atoms with van der Waals surface area (Å²) < 4.78 is 4.56. The van der Waals surface area contributed by atoms with Gasteiger partial charge in [-0.15, -0.1) is 9.58 Å². The Hall–Kier alpha value is -3.80. The minimum atomic E-state index is -0.806. The molecule has 2 aliphatic carbocycles. The van der Waals surface area contributed by atoms with Crippen LogP contribution in [0.15, 0.2) is 107 Å². The summed E-state index contributed by atoms with van der Waals surface area (Å²) in [6, 6.07) is 20.9. The van der Waals surface area contributed by atoms with Gasteiger partial charge in [0.15, 0.2) is 11.4 Å². The molecular formula is C28H28N6+2. The Morgan fingerprint density at radius 1 is 1.00 bits per heavy atom. The second-order valence-electron chi connectivity index (χ2n) is 9.74. The van der Waals surface area contributed by atoms with Gasteiger partial charge in [0, 0.05) is 35.4 Å². The molecule has 0 radical (unpaired) electrons. The Bertz CT molecular complexity index is 1360. The van der Waals surface area contributed by atoms with E-state index in [1.807, 2.05) is 0 Å². The molecule has 2 unspecified atom stereocenters. The van der Waals surface area contributed by atoms with Gasteiger partial charge in [0.05, 0.1) is 11.4 Å². The molecule has 6 nitrogen and oxygen atoms in total. The van der Waals surface area contributed by atoms with E-state index in [0.717, 1.165) is 42.0 Å². The summed E-state index contributed by atoms with van der Waals surface area (Å²) in [6.07, 6.45) is 12.5. The number of rotatable bonds is 2. The molecule has 0 saturated heterocycles. The summed E-state index contributed by atoms with van der Waals surface area (Å²) in [5.41, 5.74) is 6.58. The maximum absolute atomic E-state index is 5.32. The maximum Gasteiger partial charge on any atom is 0.581 e. The number of nitrogens with zero attached hydrogens (tertiary/aromatic N) is 6. The molecule has 3 aliphatic heterocycles. The van der Waals surface area contributed by atoms with Crippen molar-refractivity contribution in [3.63, 3.8) is 0 Å². The highest BCUT2D eigenvalue weighted by atomic mass is 15.8. The molecule has 6 heteroatoms. The van der Waals surface area contributed by atoms with Crippen molar-refractivity contribution < 1.29 is 9.27 Å². The number of allylic oxidation sites excluding steroid dienone is 4. The van der Waals surface area contributed by atoms with E-state index in [-0.39, 0.29) is 0 Å². The van der Waals surface area contributed by atoms with Crippen LogP contribution in [0.5, 0.6) is 0 Å². The molecular weight excluding hydrogens is 420 g/mol. The number of benzene rings is 2. The minimum Gasteiger partial charge on any atom is -0.229 e. The first-order valence-corrected chi connectivity index (χ1v) is 12.1. The van der Waals surface area contributed by atoms with Crippen LogP contribution in [0.3, 0.4) is 0 Å². The van der Waals surface area contributed by atoms with E-state index in [0.29, 0.717) is 11.8 Å². The molecule has 1 spiro atoms. The van der Waals surface area contributed by atoms with Crippen LogP contribution in [0.25, 0.3) is 0 Å². The Balaban J connectivity index is 1.61. The summed E-state index contributed by atoms with van der Waals surface area (Å²) in [4.78, 5) is 2.38. The highest BCUT2D eigenvalue weighted by Crippen LogP contribution is 2.46. The van der Waals surface area contributed by atoms with Crippen molar-refractivity contribution >= 4 is 22.8 Å². The van der Waals surface area contributed by atoms with Crippen LogP contribution in [0.1, 0.15) is 19.3 Å². The van der Waals surface area contributed by atoms with Crippen LogP contribution in [-0.4, -0.2) is 45.6 Å². The average molecular weight is 449 g/mol. The lowest BCUT2D eigenvalue weighted by atomic mass is 9.81. The first-order valence-electron chi connectivity index (χ1n) is 12.1. The monoisotopic (exact) mass is 448 g/mol. The summed E-state index contributed by atoms with van der Waals surface area (Å²) >= 11 is 0. The van der Waals surface area contributed by atoms with Crippen molar-refractivity contribution in [2.24, 2.45) is 22.1 Å². The Labute approximate surface area is 199 Å². The van der Waals surface area contributed by atoms with Gasteiger partial charge in [0.2, 0.25) is 11.4 Å². The molecule has 0 aromatic heterocycles. The summed E-state index contributed by atoms with van der Waals surface area (Å²) in [7, 11) is 4.40. The van der Waals surface area contributed by atoms with Gasteiger partial charge in [-0.2, -0.15) is 5.10 Å². The fourth-order valence-corrected chi connectivity index (χ4v) is 6.15. The molecule has 2 aromatic rings. The van der Waals surface area contributed by atoms with E-state index in [4.69, 9.17) is 10.2 Å². The number of fused-ring (bicyclic) bond motifs is 2. The van der Waals surface area contributed by atoms with E-state index in [2.05, 4.69) is 118 Å². The van der Waals surface area contributed by atoms with Crippen molar-refractivity contribution in [3.05, 3.63) is 96.4 Å². The minimum absolute atomic E-state index is 0.514. The van der Waals surface area contributed by atoms with E-state index in [1.165, 1.54) is 11.4 Å². The quantitative estimate of drug-likeness (QED) is 0.602. The van der Waals surface area contributed by atoms with Gasteiger partial charge in [0.1, 0.15) is 7.05 Å². The largest absolute Gasteiger partial charge is 0.581 e. The van der Waals surface area contributed by atoms with Crippen molar-refractivity contribution in [1.29, 1.82) is 0 Å². The third kappa shape index (κ3) is 2.56. The summed E-state index contributed by atoms with van der Waals surface area (Å²) in [5, 5.41) is 12.8. The maximum atomic E-state index is 5.32. The molecule has 5 bridgehead atoms. The summed E-state index contributed by atoms with van der Waals surface area (Å²) in [6.45, 7) is 0. The van der Waals surface area contributed by atoms with Crippen molar-refractivity contribution in [2.45, 2.75) is 25.2 Å². The van der Waals surface area contributed by atoms with E-state index in [1.54, 1.807) is 0 Å². The molecule has 2 aromatic carbocycles. The highest BCUT2D eigenvalue weighted by Gasteiger charge is 2.70. The third-order valence-electron chi connectivity index (χ3n) is 7.80. The predicted molar refractivity (Wildman–Crippen MR) is 133 cm³/mol. The molecule has 0 N–H and O–H groups in total. The SMILES string of the molecule is CN1C2=CC3CC=C2N=[N+](c2ccccc2)[C@]12N(c1ccccc1)N=C1C=CC(CC1=[N+]2C)C3. The molecule has 168 valence electrons. The fraction of sp³-hybridized carbons (Fsp3) is 0.286. The van der Waals surface area contributed by atoms with E-state index < -0.39 is 5.91 Å². The average Bonchev–Trinajstić information content (AvgIpc) is 2.88. The third-order valence-corrected chi connectivity index (χ3v) is 7.80. The van der Waals surface area contributed by atoms with Crippen molar-refractivity contribution in [1.82, 2.24) is 4.90 Å². The standard InChI is InChI=1S/C28H28N6/c1-31-26-18-20-13-15-24(26)29-33(22-9-5-3-6-10-22)28(31)32(2)27-19-21(17-20)14-16-25(27)30-34(28)23-11-7-4-8-12-23/h3-13,15-16,19-21H,14,17-18H2,1-2H3/q+2/t20?,21?,28-/m0/s1. The number of anilines is 1. The van der Waals surface area contributed by atoms with Gasteiger partial charge in [0.25, 0.3) is 0 Å². The van der Waals surface area contributed by atoms with E-state index in [9.17, 15) is 0 Å². The number of azo groups is 2. The Morgan fingerprint density at radius 2 is 1.76 bits per heavy atom. The topological polar surface area (TPSA) is 37.2 Å². The number of hydrogen-bond acceptors (Lipinski definition) is 4. The summed E-state index contributed by atoms with van der Waals surface area (Å²) in [5.74, 6) is 0.221. The zero-order valence-electron chi connectivity index (χ0n) is 19.5. The Kier molecular flexibility index (Phi) is 4.10. The van der Waals surface area contributed by atoms with Gasteiger partial charge in [-0.25, -0.2) is 4.90 Å². The number of para-hydroxylation sites is 2. The normalized spacial score (nSPS) is 29.0. The van der Waals surface area contributed by atoms with Gasteiger partial charge in [-0.3, -0.25) is 0 Å². The van der Waals surface area contributed by atoms with Crippen molar-refractivity contribution in [2.75, 3.05) is 19.1 Å². The van der Waals surface area contributed by atoms with Gasteiger partial charge >= 0.3 is 5.91 Å². The lowest BCUT2D eigenvalue weighted by molar-refractivity contribution is -0.840. The Morgan fingerprint density at radius 3 is 2.56 bits per heavy atom. The predicted octanol–water partition coefficient (Wildman–Crippen LogP) is 5.07. The number of hydrogen-bond donors (Lipinski definition) is 0. The van der Waals surface area contributed by atoms with Crippen LogP contribution < -0.4 is 5.01 Å². The zero-order valence-corrected chi connectivity index (χ0v) is 19.5. The molecule has 34 heavy (non-hydrogen) atoms. The van der Waals surface area contributed by atoms with E-state index >= 15 is 0 Å². The van der Waals surface area contributed by atoms with Crippen LogP contribution in [-0.2, 0) is 0 Å². The van der Waals surface area contributed by atoms with Gasteiger partial charge in [-0.05, 0) is 49.0 Å². The van der Waals surface area contributed by atoms with Crippen LogP contribution in [0.4, 0.5) is 11.4 Å². The van der Waals surface area contributed by atoms with Crippen LogP contribution in [0.2, 0.25) is 0 Å². The zero-order chi connectivity index (χ0) is 22.9. The lowest BCUT2D eigenvalue weighted by Crippen LogP contribution is -2.73. The molecule has 7 rings (SSSR count). The number of likely N-dealkylation sites (N-methyl/N-ethyl adjacent to an activating group) is 1. The molecule has 3 atom stereocenters. The van der Waals surface area contributed by atoms with Gasteiger partial charge in [-0.1, -0.05) is 48.6 Å². The molecule has 3 heterocycles. The molecule has 0 fully saturated rings. The highest BCUT2D eigenvalue weighted by molar-refractivity contribution is 6.45. The molecule has 0 amide bonds. The first kappa shape index (κ1) is 19.6. The van der Waals surface area contributed by atoms with Crippen LogP contribution in [0, 0.1) is 11.8 Å². The first-order chi connectivity index (χ1) is 16.7. The molecule has 5 aliphatic rings. The second-order valence-corrected chi connectivity index (χ2v) is 9.74. The van der Waals surface area contributed by atoms with Crippen LogP contribution >= 0.6 is 0 Å². The van der Waals surface area contributed by atoms with Crippen molar-refractivity contribution in [3.8, 4) is 0 Å². The fourth-order valence-electron chi connectivity index (χ4n) is 6.15. The second kappa shape index (κ2) is 7.10. The smallest absolute Gasteiger partial charge is 0.229 e. The molecule has 0 saturated carbocycles.